The maximum absolute atomic E-state index is 13.6. The Morgan fingerprint density at radius 2 is 0.957 bits per heavy atom. The van der Waals surface area contributed by atoms with E-state index in [-0.39, 0.29) is 45.0 Å². The molecule has 0 fully saturated rings. The molecule has 0 bridgehead atoms. The number of fused-ring (bicyclic) bond motifs is 2. The van der Waals surface area contributed by atoms with Crippen LogP contribution in [0.2, 0.25) is 0 Å². The highest BCUT2D eigenvalue weighted by atomic mass is 16.2. The van der Waals surface area contributed by atoms with Crippen molar-refractivity contribution in [2.24, 2.45) is 0 Å². The molecule has 0 spiro atoms. The first-order valence-corrected chi connectivity index (χ1v) is 14.6. The average molecular weight is 618 g/mol. The smallest absolute Gasteiger partial charge is 0.266 e. The zero-order valence-electron chi connectivity index (χ0n) is 24.5. The Kier molecular flexibility index (Phi) is 7.18. The molecule has 9 heteroatoms. The van der Waals surface area contributed by atoms with E-state index in [2.05, 4.69) is 5.32 Å². The molecule has 1 N–H and O–H groups in total. The summed E-state index contributed by atoms with van der Waals surface area (Å²) in [5.41, 5.74) is 2.59. The van der Waals surface area contributed by atoms with Gasteiger partial charge in [0.05, 0.1) is 33.6 Å². The Labute approximate surface area is 268 Å². The van der Waals surface area contributed by atoms with Crippen LogP contribution in [0.15, 0.2) is 127 Å². The minimum atomic E-state index is -0.608. The van der Waals surface area contributed by atoms with Gasteiger partial charge in [-0.05, 0) is 66.2 Å². The Balaban J connectivity index is 1.20. The summed E-state index contributed by atoms with van der Waals surface area (Å²) in [6, 6.07) is 32.5. The van der Waals surface area contributed by atoms with Crippen LogP contribution < -0.4 is 15.1 Å². The molecule has 0 aromatic heterocycles. The quantitative estimate of drug-likeness (QED) is 0.128. The molecule has 5 amide bonds. The van der Waals surface area contributed by atoms with E-state index in [0.717, 1.165) is 15.4 Å². The van der Waals surface area contributed by atoms with Crippen LogP contribution in [-0.4, -0.2) is 35.3 Å². The summed E-state index contributed by atoms with van der Waals surface area (Å²) in [4.78, 5) is 81.3. The Hall–Kier alpha value is -6.74. The molecule has 5 aromatic carbocycles. The Morgan fingerprint density at radius 3 is 1.43 bits per heavy atom. The van der Waals surface area contributed by atoms with Crippen molar-refractivity contribution in [3.8, 4) is 0 Å². The van der Waals surface area contributed by atoms with Crippen molar-refractivity contribution in [1.82, 2.24) is 0 Å². The molecule has 7 rings (SSSR count). The maximum atomic E-state index is 13.6. The molecule has 47 heavy (non-hydrogen) atoms. The lowest BCUT2D eigenvalue weighted by molar-refractivity contribution is 0.0912. The summed E-state index contributed by atoms with van der Waals surface area (Å²) in [7, 11) is 0. The summed E-state index contributed by atoms with van der Waals surface area (Å²) in [5.74, 6) is -3.12. The monoisotopic (exact) mass is 617 g/mol. The molecule has 0 atom stereocenters. The summed E-state index contributed by atoms with van der Waals surface area (Å²) < 4.78 is 0. The molecular formula is C38H23N3O6. The second-order valence-corrected chi connectivity index (χ2v) is 10.9. The van der Waals surface area contributed by atoms with Gasteiger partial charge >= 0.3 is 0 Å². The topological polar surface area (TPSA) is 121 Å². The van der Waals surface area contributed by atoms with Gasteiger partial charge in [0, 0.05) is 16.8 Å². The van der Waals surface area contributed by atoms with Crippen LogP contribution in [0.25, 0.3) is 6.08 Å². The largest absolute Gasteiger partial charge is 0.322 e. The number of ketones is 1. The van der Waals surface area contributed by atoms with Crippen LogP contribution in [0.1, 0.15) is 67.7 Å². The van der Waals surface area contributed by atoms with Crippen LogP contribution in [0.4, 0.5) is 17.1 Å². The third kappa shape index (κ3) is 5.21. The Bertz CT molecular complexity index is 2020. The molecule has 2 heterocycles. The molecule has 0 radical (unpaired) electrons. The van der Waals surface area contributed by atoms with Crippen molar-refractivity contribution in [2.75, 3.05) is 15.1 Å². The fourth-order valence-electron chi connectivity index (χ4n) is 5.58. The number of nitrogens with zero attached hydrogens (tertiary/aromatic N) is 2. The zero-order chi connectivity index (χ0) is 32.7. The predicted molar refractivity (Wildman–Crippen MR) is 176 cm³/mol. The normalized spacial score (nSPS) is 13.7. The summed E-state index contributed by atoms with van der Waals surface area (Å²) in [6.45, 7) is 0. The second kappa shape index (κ2) is 11.6. The number of anilines is 3. The molecule has 0 saturated heterocycles. The van der Waals surface area contributed by atoms with E-state index in [1.807, 2.05) is 6.07 Å². The molecule has 0 saturated carbocycles. The predicted octanol–water partition coefficient (Wildman–Crippen LogP) is 6.44. The van der Waals surface area contributed by atoms with Crippen LogP contribution >= 0.6 is 0 Å². The molecule has 226 valence electrons. The molecule has 0 unspecified atom stereocenters. The first-order valence-electron chi connectivity index (χ1n) is 14.6. The van der Waals surface area contributed by atoms with Gasteiger partial charge in [-0.15, -0.1) is 0 Å². The number of allylic oxidation sites excluding steroid dienone is 1. The molecule has 5 aromatic rings. The van der Waals surface area contributed by atoms with E-state index in [1.165, 1.54) is 48.5 Å². The van der Waals surface area contributed by atoms with E-state index in [0.29, 0.717) is 11.3 Å². The fraction of sp³-hybridized carbons (Fsp3) is 0. The van der Waals surface area contributed by atoms with E-state index >= 15 is 0 Å². The van der Waals surface area contributed by atoms with Crippen molar-refractivity contribution < 1.29 is 28.8 Å². The number of rotatable bonds is 7. The maximum Gasteiger partial charge on any atom is 0.266 e. The number of hydrogen-bond donors (Lipinski definition) is 1. The van der Waals surface area contributed by atoms with Gasteiger partial charge in [-0.25, -0.2) is 9.80 Å². The number of imide groups is 2. The first kappa shape index (κ1) is 29.0. The van der Waals surface area contributed by atoms with Crippen molar-refractivity contribution in [2.45, 2.75) is 0 Å². The fourth-order valence-corrected chi connectivity index (χ4v) is 5.58. The van der Waals surface area contributed by atoms with Crippen LogP contribution in [0, 0.1) is 0 Å². The molecule has 2 aliphatic heterocycles. The van der Waals surface area contributed by atoms with Gasteiger partial charge in [-0.1, -0.05) is 72.8 Å². The van der Waals surface area contributed by atoms with Gasteiger partial charge in [0.25, 0.3) is 29.5 Å². The van der Waals surface area contributed by atoms with E-state index < -0.39 is 29.5 Å². The molecular weight excluding hydrogens is 594 g/mol. The summed E-state index contributed by atoms with van der Waals surface area (Å²) in [5, 5.41) is 2.78. The van der Waals surface area contributed by atoms with Crippen molar-refractivity contribution in [3.63, 3.8) is 0 Å². The van der Waals surface area contributed by atoms with Gasteiger partial charge in [0.2, 0.25) is 0 Å². The average Bonchev–Trinajstić information content (AvgIpc) is 3.52. The standard InChI is InChI=1S/C38H23N3O6/c42-33(24-8-2-1-3-9-24)19-16-23-14-17-26(18-15-23)39-34(43)25-20-27(40-35(44)29-10-4-5-11-30(29)36(40)45)22-28(21-25)41-37(46)31-12-6-7-13-32(31)38(41)47/h1-22H,(H,39,43). The zero-order valence-corrected chi connectivity index (χ0v) is 24.5. The minimum Gasteiger partial charge on any atom is -0.322 e. The third-order valence-electron chi connectivity index (χ3n) is 7.92. The highest BCUT2D eigenvalue weighted by Crippen LogP contribution is 2.35. The van der Waals surface area contributed by atoms with Gasteiger partial charge in [-0.3, -0.25) is 28.8 Å². The number of carbonyl (C=O) groups excluding carboxylic acids is 6. The van der Waals surface area contributed by atoms with Crippen LogP contribution in [-0.2, 0) is 0 Å². The number of amides is 5. The minimum absolute atomic E-state index is 0.00282. The van der Waals surface area contributed by atoms with Gasteiger partial charge < -0.3 is 5.32 Å². The summed E-state index contributed by atoms with van der Waals surface area (Å²) >= 11 is 0. The van der Waals surface area contributed by atoms with E-state index in [4.69, 9.17) is 0 Å². The number of nitrogens with one attached hydrogen (secondary N) is 1. The lowest BCUT2D eigenvalue weighted by Crippen LogP contribution is -2.32. The lowest BCUT2D eigenvalue weighted by atomic mass is 10.1. The van der Waals surface area contributed by atoms with E-state index in [9.17, 15) is 28.8 Å². The Morgan fingerprint density at radius 1 is 0.511 bits per heavy atom. The van der Waals surface area contributed by atoms with Crippen LogP contribution in [0.3, 0.4) is 0 Å². The lowest BCUT2D eigenvalue weighted by Gasteiger charge is -2.20. The molecule has 9 nitrogen and oxygen atoms in total. The number of hydrogen-bond acceptors (Lipinski definition) is 6. The van der Waals surface area contributed by atoms with Crippen LogP contribution in [0.5, 0.6) is 0 Å². The first-order chi connectivity index (χ1) is 22.8. The summed E-state index contributed by atoms with van der Waals surface area (Å²) in [6.07, 6.45) is 3.13. The highest BCUT2D eigenvalue weighted by Gasteiger charge is 2.40. The van der Waals surface area contributed by atoms with Crippen molar-refractivity contribution >= 4 is 58.5 Å². The van der Waals surface area contributed by atoms with Crippen molar-refractivity contribution in [1.29, 1.82) is 0 Å². The molecule has 0 aliphatic carbocycles. The SMILES string of the molecule is O=C(C=Cc1ccc(NC(=O)c2cc(N3C(=O)c4ccccc4C3=O)cc(N3C(=O)c4ccccc4C3=O)c2)cc1)c1ccccc1. The number of benzene rings is 5. The van der Waals surface area contributed by atoms with Gasteiger partial charge in [0.15, 0.2) is 5.78 Å². The van der Waals surface area contributed by atoms with Crippen molar-refractivity contribution in [3.05, 3.63) is 166 Å². The second-order valence-electron chi connectivity index (χ2n) is 10.9. The highest BCUT2D eigenvalue weighted by molar-refractivity contribution is 6.36. The van der Waals surface area contributed by atoms with E-state index in [1.54, 1.807) is 78.9 Å². The molecule has 2 aliphatic rings. The number of carbonyl (C=O) groups is 6. The van der Waals surface area contributed by atoms with Gasteiger partial charge in [0.1, 0.15) is 0 Å². The van der Waals surface area contributed by atoms with Gasteiger partial charge in [-0.2, -0.15) is 0 Å². The third-order valence-corrected chi connectivity index (χ3v) is 7.92.